The summed E-state index contributed by atoms with van der Waals surface area (Å²) in [7, 11) is 4.75. The zero-order valence-corrected chi connectivity index (χ0v) is 18.2. The topological polar surface area (TPSA) is 70.0 Å². The van der Waals surface area contributed by atoms with Crippen LogP contribution in [0.15, 0.2) is 72.9 Å². The molecule has 6 heteroatoms. The van der Waals surface area contributed by atoms with Gasteiger partial charge in [0.1, 0.15) is 12.7 Å². The summed E-state index contributed by atoms with van der Waals surface area (Å²) in [5.74, 6) is 2.33. The van der Waals surface area contributed by atoms with Gasteiger partial charge >= 0.3 is 0 Å². The molecule has 32 heavy (non-hydrogen) atoms. The summed E-state index contributed by atoms with van der Waals surface area (Å²) in [6, 6.07) is 20.9. The Labute approximate surface area is 187 Å². The fourth-order valence-electron chi connectivity index (χ4n) is 3.61. The van der Waals surface area contributed by atoms with Crippen molar-refractivity contribution in [3.05, 3.63) is 89.7 Å². The highest BCUT2D eigenvalue weighted by molar-refractivity contribution is 5.88. The predicted octanol–water partition coefficient (Wildman–Crippen LogP) is 4.92. The Hall–Kier alpha value is -3.77. The van der Waals surface area contributed by atoms with Crippen LogP contribution in [0.3, 0.4) is 0 Å². The number of benzene rings is 3. The molecule has 0 aliphatic heterocycles. The normalized spacial score (nSPS) is 11.8. The Morgan fingerprint density at radius 1 is 0.781 bits per heavy atom. The number of aromatic nitrogens is 1. The van der Waals surface area contributed by atoms with Gasteiger partial charge in [0.05, 0.1) is 27.0 Å². The van der Waals surface area contributed by atoms with E-state index in [4.69, 9.17) is 18.9 Å². The number of hydrogen-bond donors (Lipinski definition) is 1. The predicted molar refractivity (Wildman–Crippen MR) is 123 cm³/mol. The lowest BCUT2D eigenvalue weighted by Gasteiger charge is -2.17. The SMILES string of the molecule is COc1cc2ccnc(C(O)c3ccc(OCc4ccccc4)c(OC)c3)c2cc1OC. The molecule has 1 unspecified atom stereocenters. The Kier molecular flexibility index (Phi) is 6.42. The molecule has 0 fully saturated rings. The highest BCUT2D eigenvalue weighted by atomic mass is 16.5. The number of methoxy groups -OCH3 is 3. The maximum Gasteiger partial charge on any atom is 0.161 e. The first kappa shape index (κ1) is 21.5. The molecule has 0 saturated carbocycles. The van der Waals surface area contributed by atoms with Gasteiger partial charge in [-0.3, -0.25) is 4.98 Å². The second kappa shape index (κ2) is 9.58. The zero-order valence-electron chi connectivity index (χ0n) is 18.2. The Bertz CT molecular complexity index is 1210. The third kappa shape index (κ3) is 4.31. The van der Waals surface area contributed by atoms with Gasteiger partial charge in [0.25, 0.3) is 0 Å². The molecule has 0 aliphatic rings. The minimum Gasteiger partial charge on any atom is -0.493 e. The van der Waals surface area contributed by atoms with E-state index in [1.165, 1.54) is 0 Å². The van der Waals surface area contributed by atoms with Gasteiger partial charge in [-0.2, -0.15) is 0 Å². The molecule has 0 aliphatic carbocycles. The van der Waals surface area contributed by atoms with Gasteiger partial charge in [0, 0.05) is 11.6 Å². The van der Waals surface area contributed by atoms with Gasteiger partial charge in [-0.1, -0.05) is 36.4 Å². The summed E-state index contributed by atoms with van der Waals surface area (Å²) < 4.78 is 22.3. The van der Waals surface area contributed by atoms with Crippen LogP contribution >= 0.6 is 0 Å². The van der Waals surface area contributed by atoms with Crippen LogP contribution in [0.1, 0.15) is 22.9 Å². The molecule has 1 aromatic heterocycles. The van der Waals surface area contributed by atoms with Crippen LogP contribution in [0.2, 0.25) is 0 Å². The zero-order chi connectivity index (χ0) is 22.5. The van der Waals surface area contributed by atoms with E-state index in [2.05, 4.69) is 4.98 Å². The third-order valence-corrected chi connectivity index (χ3v) is 5.30. The van der Waals surface area contributed by atoms with Crippen molar-refractivity contribution >= 4 is 10.8 Å². The van der Waals surface area contributed by atoms with Gasteiger partial charge in [0.15, 0.2) is 23.0 Å². The Balaban J connectivity index is 1.65. The Morgan fingerprint density at radius 2 is 1.47 bits per heavy atom. The van der Waals surface area contributed by atoms with E-state index in [1.807, 2.05) is 54.6 Å². The summed E-state index contributed by atoms with van der Waals surface area (Å²) in [6.07, 6.45) is 0.704. The van der Waals surface area contributed by atoms with Gasteiger partial charge < -0.3 is 24.1 Å². The lowest BCUT2D eigenvalue weighted by atomic mass is 10.00. The first-order valence-electron chi connectivity index (χ1n) is 10.2. The average molecular weight is 431 g/mol. The standard InChI is InChI=1S/C26H25NO5/c1-29-22-14-19(9-10-21(22)32-16-17-7-5-4-6-8-17)26(28)25-20-15-24(31-3)23(30-2)13-18(20)11-12-27-25/h4-15,26,28H,16H2,1-3H3. The lowest BCUT2D eigenvalue weighted by Crippen LogP contribution is -2.05. The maximum absolute atomic E-state index is 11.2. The minimum atomic E-state index is -0.964. The molecule has 1 N–H and O–H groups in total. The number of nitrogens with zero attached hydrogens (tertiary/aromatic N) is 1. The molecule has 4 rings (SSSR count). The van der Waals surface area contributed by atoms with Crippen LogP contribution in [0.25, 0.3) is 10.8 Å². The minimum absolute atomic E-state index is 0.422. The van der Waals surface area contributed by atoms with Crippen LogP contribution < -0.4 is 18.9 Å². The summed E-state index contributed by atoms with van der Waals surface area (Å²) in [4.78, 5) is 4.45. The van der Waals surface area contributed by atoms with Crippen molar-refractivity contribution < 1.29 is 24.1 Å². The molecule has 0 saturated heterocycles. The summed E-state index contributed by atoms with van der Waals surface area (Å²) in [5.41, 5.74) is 2.22. The van der Waals surface area contributed by atoms with Crippen LogP contribution in [-0.2, 0) is 6.61 Å². The summed E-state index contributed by atoms with van der Waals surface area (Å²) in [5, 5.41) is 12.8. The molecular weight excluding hydrogens is 406 g/mol. The van der Waals surface area contributed by atoms with E-state index in [-0.39, 0.29) is 0 Å². The number of rotatable bonds is 8. The van der Waals surface area contributed by atoms with Crippen LogP contribution in [-0.4, -0.2) is 31.4 Å². The van der Waals surface area contributed by atoms with Crippen molar-refractivity contribution in [1.29, 1.82) is 0 Å². The number of pyridine rings is 1. The molecule has 3 aromatic carbocycles. The summed E-state index contributed by atoms with van der Waals surface area (Å²) in [6.45, 7) is 0.422. The van der Waals surface area contributed by atoms with E-state index in [1.54, 1.807) is 39.7 Å². The number of ether oxygens (including phenoxy) is 4. The van der Waals surface area contributed by atoms with E-state index in [0.717, 1.165) is 16.3 Å². The second-order valence-corrected chi connectivity index (χ2v) is 7.21. The van der Waals surface area contributed by atoms with Crippen molar-refractivity contribution in [2.24, 2.45) is 0 Å². The molecule has 0 spiro atoms. The average Bonchev–Trinajstić information content (AvgIpc) is 2.86. The number of hydrogen-bond acceptors (Lipinski definition) is 6. The van der Waals surface area contributed by atoms with Gasteiger partial charge in [-0.25, -0.2) is 0 Å². The van der Waals surface area contributed by atoms with Crippen molar-refractivity contribution in [3.63, 3.8) is 0 Å². The second-order valence-electron chi connectivity index (χ2n) is 7.21. The molecular formula is C26H25NO5. The number of aliphatic hydroxyl groups excluding tert-OH is 1. The monoisotopic (exact) mass is 431 g/mol. The number of fused-ring (bicyclic) bond motifs is 1. The first-order valence-corrected chi connectivity index (χ1v) is 10.2. The summed E-state index contributed by atoms with van der Waals surface area (Å²) >= 11 is 0. The van der Waals surface area contributed by atoms with E-state index in [0.29, 0.717) is 40.9 Å². The van der Waals surface area contributed by atoms with E-state index < -0.39 is 6.10 Å². The van der Waals surface area contributed by atoms with Crippen molar-refractivity contribution in [1.82, 2.24) is 4.98 Å². The van der Waals surface area contributed by atoms with Crippen molar-refractivity contribution in [2.75, 3.05) is 21.3 Å². The maximum atomic E-state index is 11.2. The van der Waals surface area contributed by atoms with E-state index in [9.17, 15) is 5.11 Å². The number of aliphatic hydroxyl groups is 1. The molecule has 1 atom stereocenters. The van der Waals surface area contributed by atoms with Gasteiger partial charge in [-0.05, 0) is 46.8 Å². The molecule has 0 radical (unpaired) electrons. The molecule has 164 valence electrons. The molecule has 0 amide bonds. The van der Waals surface area contributed by atoms with Crippen molar-refractivity contribution in [2.45, 2.75) is 12.7 Å². The first-order chi connectivity index (χ1) is 15.6. The highest BCUT2D eigenvalue weighted by Crippen LogP contribution is 2.37. The molecule has 1 heterocycles. The lowest BCUT2D eigenvalue weighted by molar-refractivity contribution is 0.216. The van der Waals surface area contributed by atoms with Crippen LogP contribution in [0, 0.1) is 0 Å². The molecule has 4 aromatic rings. The van der Waals surface area contributed by atoms with Crippen molar-refractivity contribution in [3.8, 4) is 23.0 Å². The van der Waals surface area contributed by atoms with Crippen LogP contribution in [0.5, 0.6) is 23.0 Å². The largest absolute Gasteiger partial charge is 0.493 e. The van der Waals surface area contributed by atoms with Crippen LogP contribution in [0.4, 0.5) is 0 Å². The Morgan fingerprint density at radius 3 is 2.19 bits per heavy atom. The quantitative estimate of drug-likeness (QED) is 0.427. The highest BCUT2D eigenvalue weighted by Gasteiger charge is 2.19. The molecule has 6 nitrogen and oxygen atoms in total. The van der Waals surface area contributed by atoms with E-state index >= 15 is 0 Å². The smallest absolute Gasteiger partial charge is 0.161 e. The molecule has 0 bridgehead atoms. The third-order valence-electron chi connectivity index (χ3n) is 5.30. The van der Waals surface area contributed by atoms with Gasteiger partial charge in [0.2, 0.25) is 0 Å². The fraction of sp³-hybridized carbons (Fsp3) is 0.192. The van der Waals surface area contributed by atoms with Gasteiger partial charge in [-0.15, -0.1) is 0 Å². The fourth-order valence-corrected chi connectivity index (χ4v) is 3.61.